The minimum Gasteiger partial charge on any atom is -0.356 e. The highest BCUT2D eigenvalue weighted by Crippen LogP contribution is 2.40. The van der Waals surface area contributed by atoms with Gasteiger partial charge >= 0.3 is 0 Å². The predicted molar refractivity (Wildman–Crippen MR) is 204 cm³/mol. The van der Waals surface area contributed by atoms with E-state index in [9.17, 15) is 29.2 Å². The lowest BCUT2D eigenvalue weighted by Crippen LogP contribution is -2.60. The molecular formula is C41H64N6O6. The Balaban J connectivity index is 1.57. The first kappa shape index (κ1) is 42.0. The summed E-state index contributed by atoms with van der Waals surface area (Å²) in [5.74, 6) is -1.42. The minimum atomic E-state index is -0.924. The van der Waals surface area contributed by atoms with Crippen molar-refractivity contribution in [1.82, 2.24) is 30.8 Å². The monoisotopic (exact) mass is 736 g/mol. The van der Waals surface area contributed by atoms with Crippen molar-refractivity contribution in [2.24, 2.45) is 17.8 Å². The summed E-state index contributed by atoms with van der Waals surface area (Å²) in [7, 11) is 0. The van der Waals surface area contributed by atoms with E-state index in [1.807, 2.05) is 97.9 Å². The third-order valence-electron chi connectivity index (χ3n) is 11.0. The lowest BCUT2D eigenvalue weighted by Gasteiger charge is -2.51. The van der Waals surface area contributed by atoms with E-state index in [0.29, 0.717) is 51.6 Å². The van der Waals surface area contributed by atoms with Gasteiger partial charge in [0.15, 0.2) is 0 Å². The van der Waals surface area contributed by atoms with Crippen molar-refractivity contribution < 1.29 is 29.2 Å². The summed E-state index contributed by atoms with van der Waals surface area (Å²) in [6, 6.07) is 6.77. The highest BCUT2D eigenvalue weighted by atomic mass is 16.5. The third-order valence-corrected chi connectivity index (χ3v) is 11.0. The van der Waals surface area contributed by atoms with E-state index in [2.05, 4.69) is 16.0 Å². The molecule has 294 valence electrons. The highest BCUT2D eigenvalue weighted by molar-refractivity contribution is 5.95. The Kier molecular flexibility index (Phi) is 14.3. The molecule has 0 aromatic heterocycles. The zero-order valence-electron chi connectivity index (χ0n) is 33.2. The van der Waals surface area contributed by atoms with Gasteiger partial charge < -0.3 is 31.0 Å². The molecule has 3 heterocycles. The van der Waals surface area contributed by atoms with Gasteiger partial charge in [-0.1, -0.05) is 70.2 Å². The van der Waals surface area contributed by atoms with Crippen molar-refractivity contribution in [2.75, 3.05) is 19.6 Å². The molecule has 4 rings (SSSR count). The molecule has 1 aromatic rings. The first-order valence-electron chi connectivity index (χ1n) is 19.6. The smallest absolute Gasteiger partial charge is 0.246 e. The lowest BCUT2D eigenvalue weighted by atomic mass is 9.75. The fraction of sp³-hybridized carbons (Fsp3) is 0.683. The van der Waals surface area contributed by atoms with Crippen LogP contribution >= 0.6 is 0 Å². The van der Waals surface area contributed by atoms with E-state index in [0.717, 1.165) is 5.56 Å². The van der Waals surface area contributed by atoms with Gasteiger partial charge in [0, 0.05) is 55.5 Å². The largest absolute Gasteiger partial charge is 0.356 e. The van der Waals surface area contributed by atoms with Crippen molar-refractivity contribution in [1.29, 1.82) is 0 Å². The number of nitrogens with one attached hydrogen (secondary N) is 3. The van der Waals surface area contributed by atoms with Gasteiger partial charge in [0.2, 0.25) is 29.5 Å². The number of rotatable bonds is 10. The summed E-state index contributed by atoms with van der Waals surface area (Å²) in [5, 5.41) is 21.2. The molecule has 3 aliphatic heterocycles. The van der Waals surface area contributed by atoms with E-state index >= 15 is 0 Å². The van der Waals surface area contributed by atoms with Crippen LogP contribution in [0.25, 0.3) is 0 Å². The molecule has 0 radical (unpaired) electrons. The second kappa shape index (κ2) is 18.0. The number of amides is 5. The maximum Gasteiger partial charge on any atom is 0.246 e. The van der Waals surface area contributed by atoms with Crippen LogP contribution in [0.5, 0.6) is 0 Å². The molecule has 2 saturated heterocycles. The van der Waals surface area contributed by atoms with Gasteiger partial charge in [-0.2, -0.15) is 5.06 Å². The number of benzene rings is 1. The van der Waals surface area contributed by atoms with Gasteiger partial charge in [-0.05, 0) is 83.6 Å². The maximum atomic E-state index is 14.4. The van der Waals surface area contributed by atoms with Crippen LogP contribution in [0.15, 0.2) is 42.5 Å². The number of hydrogen-bond donors (Lipinski definition) is 4. The number of fused-ring (bicyclic) bond motifs is 1. The quantitative estimate of drug-likeness (QED) is 0.208. The van der Waals surface area contributed by atoms with Crippen molar-refractivity contribution in [2.45, 2.75) is 142 Å². The summed E-state index contributed by atoms with van der Waals surface area (Å²) < 4.78 is 0. The average molecular weight is 737 g/mol. The normalized spacial score (nSPS) is 26.5. The minimum absolute atomic E-state index is 0.0442. The van der Waals surface area contributed by atoms with Gasteiger partial charge in [-0.25, -0.2) is 0 Å². The van der Waals surface area contributed by atoms with Crippen LogP contribution in [0.2, 0.25) is 0 Å². The average Bonchev–Trinajstić information content (AvgIpc) is 3.58. The molecular weight excluding hydrogens is 672 g/mol. The summed E-state index contributed by atoms with van der Waals surface area (Å²) in [6.45, 7) is 16.6. The first-order chi connectivity index (χ1) is 24.9. The fourth-order valence-electron chi connectivity index (χ4n) is 8.26. The van der Waals surface area contributed by atoms with Gasteiger partial charge in [0.25, 0.3) is 0 Å². The number of carbonyl (C=O) groups is 5. The molecule has 3 aliphatic rings. The molecule has 1 unspecified atom stereocenters. The van der Waals surface area contributed by atoms with E-state index in [1.165, 1.54) is 5.06 Å². The van der Waals surface area contributed by atoms with E-state index in [4.69, 9.17) is 0 Å². The summed E-state index contributed by atoms with van der Waals surface area (Å²) in [6.07, 6.45) is 7.12. The number of hydroxylamine groups is 2. The Hall–Kier alpha value is -3.77. The van der Waals surface area contributed by atoms with Crippen molar-refractivity contribution >= 4 is 29.5 Å². The Bertz CT molecular complexity index is 1460. The lowest BCUT2D eigenvalue weighted by molar-refractivity contribution is -0.249. The number of carbonyl (C=O) groups excluding carboxylic acids is 5. The van der Waals surface area contributed by atoms with Crippen LogP contribution in [0, 0.1) is 17.8 Å². The molecule has 4 atom stereocenters. The predicted octanol–water partition coefficient (Wildman–Crippen LogP) is 4.21. The van der Waals surface area contributed by atoms with E-state index in [1.54, 1.807) is 9.80 Å². The molecule has 0 aliphatic carbocycles. The van der Waals surface area contributed by atoms with Gasteiger partial charge in [0.05, 0.1) is 0 Å². The van der Waals surface area contributed by atoms with Crippen LogP contribution in [0.4, 0.5) is 0 Å². The van der Waals surface area contributed by atoms with Gasteiger partial charge in [-0.3, -0.25) is 24.0 Å². The summed E-state index contributed by atoms with van der Waals surface area (Å²) in [5.41, 5.74) is -0.243. The molecule has 5 amide bonds. The van der Waals surface area contributed by atoms with Crippen LogP contribution in [0.3, 0.4) is 0 Å². The van der Waals surface area contributed by atoms with Crippen molar-refractivity contribution in [3.63, 3.8) is 0 Å². The SMILES string of the molecule is CC(C)C[C@H]1C(=O)N[C@H](Cc2ccccc2)C(=O)N2CCC[C@H]2C(=O)NC(C(C)C)/C=C/CN1C(=O)CCCNC(=O)C1CC(C)(C)N(O)C(C)(C)C1. The molecule has 12 nitrogen and oxygen atoms in total. The zero-order chi connectivity index (χ0) is 39.1. The second-order valence-electron chi connectivity index (χ2n) is 17.3. The molecule has 53 heavy (non-hydrogen) atoms. The number of nitrogens with zero attached hydrogens (tertiary/aromatic N) is 3. The van der Waals surface area contributed by atoms with Gasteiger partial charge in [-0.15, -0.1) is 0 Å². The van der Waals surface area contributed by atoms with Crippen molar-refractivity contribution in [3.8, 4) is 0 Å². The zero-order valence-corrected chi connectivity index (χ0v) is 33.2. The fourth-order valence-corrected chi connectivity index (χ4v) is 8.26. The topological polar surface area (TPSA) is 151 Å². The van der Waals surface area contributed by atoms with Crippen LogP contribution in [-0.2, 0) is 30.4 Å². The van der Waals surface area contributed by atoms with Crippen molar-refractivity contribution in [3.05, 3.63) is 48.0 Å². The molecule has 2 fully saturated rings. The molecule has 0 spiro atoms. The summed E-state index contributed by atoms with van der Waals surface area (Å²) >= 11 is 0. The molecule has 4 N–H and O–H groups in total. The molecule has 12 heteroatoms. The van der Waals surface area contributed by atoms with Crippen LogP contribution in [-0.4, -0.2) is 104 Å². The first-order valence-corrected chi connectivity index (χ1v) is 19.6. The van der Waals surface area contributed by atoms with E-state index in [-0.39, 0.29) is 66.8 Å². The maximum absolute atomic E-state index is 14.4. The van der Waals surface area contributed by atoms with Crippen LogP contribution in [0.1, 0.15) is 106 Å². The molecule has 1 aromatic carbocycles. The molecule has 0 saturated carbocycles. The Morgan fingerprint density at radius 1 is 0.962 bits per heavy atom. The number of piperidine rings is 1. The molecule has 0 bridgehead atoms. The third kappa shape index (κ3) is 10.9. The second-order valence-corrected chi connectivity index (χ2v) is 17.3. The standard InChI is InChI=1S/C41H64N6O6/c1-27(2)23-34-38(51)44-32(24-29-15-10-9-11-16-29)39(52)46-22-14-18-33(46)37(50)43-31(28(3)4)17-13-21-45(34)35(48)19-12-20-42-36(49)30-25-40(5,6)47(53)41(7,8)26-30/h9-11,13,15-17,27-28,30-34,53H,12,14,18-26H2,1-8H3,(H,42,49)(H,43,50)(H,44,51)/b17-13+/t31?,32-,33+,34+/m1/s1. The Morgan fingerprint density at radius 2 is 1.62 bits per heavy atom. The Morgan fingerprint density at radius 3 is 2.25 bits per heavy atom. The van der Waals surface area contributed by atoms with Crippen LogP contribution < -0.4 is 16.0 Å². The highest BCUT2D eigenvalue weighted by Gasteiger charge is 2.47. The van der Waals surface area contributed by atoms with E-state index < -0.39 is 35.1 Å². The Labute approximate surface area is 316 Å². The number of hydrogen-bond acceptors (Lipinski definition) is 7. The summed E-state index contributed by atoms with van der Waals surface area (Å²) in [4.78, 5) is 72.8. The van der Waals surface area contributed by atoms with Gasteiger partial charge in [0.1, 0.15) is 18.1 Å².